The molecule has 0 saturated carbocycles. The van der Waals surface area contributed by atoms with E-state index in [1.165, 1.54) is 0 Å². The average Bonchev–Trinajstić information content (AvgIpc) is 2.14. The zero-order valence-electron chi connectivity index (χ0n) is 3.31. The Bertz CT molecular complexity index is 138. The molecule has 0 atom stereocenters. The molecule has 1 rings (SSSR count). The predicted molar refractivity (Wildman–Crippen MR) is 19.1 cm³/mol. The lowest BCUT2D eigenvalue weighted by Gasteiger charge is -1.74. The minimum atomic E-state index is -0.681. The van der Waals surface area contributed by atoms with Gasteiger partial charge in [0, 0.05) is 0 Å². The number of nitrogens with zero attached hydrogens (tertiary/aromatic N) is 5. The topological polar surface area (TPSA) is 73.2 Å². The monoisotopic (exact) mass is 95.0 g/mol. The second-order valence-corrected chi connectivity index (χ2v) is 0.913. The van der Waals surface area contributed by atoms with Gasteiger partial charge in [-0.3, -0.25) is 0 Å². The van der Waals surface area contributed by atoms with E-state index < -0.39 is 6.17 Å². The molecule has 0 unspecified atom stereocenters. The van der Waals surface area contributed by atoms with Crippen LogP contribution in [-0.4, -0.2) is 6.17 Å². The lowest BCUT2D eigenvalue weighted by Crippen LogP contribution is -1.86. The maximum atomic E-state index is 8.01. The molecule has 0 aromatic rings. The summed E-state index contributed by atoms with van der Waals surface area (Å²) in [6, 6.07) is 1.74. The molecular weight excluding hydrogens is 94.1 g/mol. The SMILES string of the molecule is N#CC1N=NN=N1. The number of nitriles is 1. The van der Waals surface area contributed by atoms with Crippen LogP contribution in [0, 0.1) is 11.3 Å². The molecular formula is C2HN5. The van der Waals surface area contributed by atoms with Crippen molar-refractivity contribution in [3.63, 3.8) is 0 Å². The van der Waals surface area contributed by atoms with Crippen LogP contribution in [0.15, 0.2) is 20.7 Å². The molecule has 0 bridgehead atoms. The highest BCUT2D eigenvalue weighted by Gasteiger charge is 2.03. The molecule has 0 radical (unpaired) electrons. The summed E-state index contributed by atoms with van der Waals surface area (Å²) in [7, 11) is 0. The van der Waals surface area contributed by atoms with Gasteiger partial charge in [-0.05, 0) is 10.4 Å². The minimum Gasteiger partial charge on any atom is -0.194 e. The fraction of sp³-hybridized carbons (Fsp3) is 0.500. The van der Waals surface area contributed by atoms with Gasteiger partial charge in [0.05, 0.1) is 0 Å². The molecule has 0 saturated heterocycles. The Hall–Kier alpha value is -1.31. The van der Waals surface area contributed by atoms with Crippen LogP contribution in [0.2, 0.25) is 0 Å². The summed E-state index contributed by atoms with van der Waals surface area (Å²) < 4.78 is 0. The molecule has 0 N–H and O–H groups in total. The Morgan fingerprint density at radius 3 is 2.14 bits per heavy atom. The molecule has 0 fully saturated rings. The zero-order valence-corrected chi connectivity index (χ0v) is 3.31. The summed E-state index contributed by atoms with van der Waals surface area (Å²) in [6.07, 6.45) is -0.681. The number of hydrogen-bond donors (Lipinski definition) is 0. The predicted octanol–water partition coefficient (Wildman–Crippen LogP) is 0.669. The van der Waals surface area contributed by atoms with E-state index in [1.54, 1.807) is 6.07 Å². The first-order chi connectivity index (χ1) is 3.43. The summed E-state index contributed by atoms with van der Waals surface area (Å²) in [5, 5.41) is 20.8. The van der Waals surface area contributed by atoms with E-state index >= 15 is 0 Å². The van der Waals surface area contributed by atoms with E-state index in [-0.39, 0.29) is 0 Å². The van der Waals surface area contributed by atoms with Crippen molar-refractivity contribution < 1.29 is 0 Å². The van der Waals surface area contributed by atoms with Crippen molar-refractivity contribution in [2.75, 3.05) is 0 Å². The minimum absolute atomic E-state index is 0.681. The van der Waals surface area contributed by atoms with Crippen molar-refractivity contribution in [1.82, 2.24) is 0 Å². The third-order valence-electron chi connectivity index (χ3n) is 0.477. The molecule has 7 heavy (non-hydrogen) atoms. The van der Waals surface area contributed by atoms with Crippen LogP contribution in [0.1, 0.15) is 0 Å². The standard InChI is InChI=1S/C2HN5/c3-1-2-4-6-7-5-2/h2H. The van der Waals surface area contributed by atoms with E-state index in [4.69, 9.17) is 5.26 Å². The molecule has 0 aromatic heterocycles. The quantitative estimate of drug-likeness (QED) is 0.435. The molecule has 1 aliphatic rings. The van der Waals surface area contributed by atoms with Crippen LogP contribution in [0.5, 0.6) is 0 Å². The first kappa shape index (κ1) is 3.87. The van der Waals surface area contributed by atoms with Crippen molar-refractivity contribution in [2.24, 2.45) is 20.7 Å². The first-order valence-corrected chi connectivity index (χ1v) is 1.63. The van der Waals surface area contributed by atoms with Crippen molar-refractivity contribution in [2.45, 2.75) is 6.17 Å². The lowest BCUT2D eigenvalue weighted by atomic mass is 10.6. The van der Waals surface area contributed by atoms with Crippen LogP contribution in [0.4, 0.5) is 0 Å². The first-order valence-electron chi connectivity index (χ1n) is 1.63. The highest BCUT2D eigenvalue weighted by atomic mass is 15.6. The normalized spacial score (nSPS) is 17.6. The van der Waals surface area contributed by atoms with Crippen LogP contribution in [-0.2, 0) is 0 Å². The van der Waals surface area contributed by atoms with Crippen LogP contribution >= 0.6 is 0 Å². The van der Waals surface area contributed by atoms with Crippen molar-refractivity contribution in [3.05, 3.63) is 0 Å². The molecule has 5 nitrogen and oxygen atoms in total. The van der Waals surface area contributed by atoms with Crippen LogP contribution in [0.3, 0.4) is 0 Å². The molecule has 1 aliphatic heterocycles. The molecule has 0 aliphatic carbocycles. The van der Waals surface area contributed by atoms with Crippen molar-refractivity contribution in [1.29, 1.82) is 5.26 Å². The zero-order chi connectivity index (χ0) is 5.11. The second kappa shape index (κ2) is 1.43. The van der Waals surface area contributed by atoms with Gasteiger partial charge in [0.2, 0.25) is 0 Å². The maximum absolute atomic E-state index is 8.01. The smallest absolute Gasteiger partial charge is 0.194 e. The summed E-state index contributed by atoms with van der Waals surface area (Å²) in [4.78, 5) is 0. The second-order valence-electron chi connectivity index (χ2n) is 0.913. The lowest BCUT2D eigenvalue weighted by molar-refractivity contribution is 0.876. The van der Waals surface area contributed by atoms with Gasteiger partial charge >= 0.3 is 0 Å². The van der Waals surface area contributed by atoms with Gasteiger partial charge in [0.15, 0.2) is 0 Å². The van der Waals surface area contributed by atoms with E-state index in [0.29, 0.717) is 0 Å². The summed E-state index contributed by atoms with van der Waals surface area (Å²) in [6.45, 7) is 0. The maximum Gasteiger partial charge on any atom is 0.269 e. The number of hydrogen-bond acceptors (Lipinski definition) is 5. The highest BCUT2D eigenvalue weighted by Crippen LogP contribution is 2.00. The Morgan fingerprint density at radius 2 is 1.86 bits per heavy atom. The summed E-state index contributed by atoms with van der Waals surface area (Å²) in [5.74, 6) is 0. The van der Waals surface area contributed by atoms with E-state index in [0.717, 1.165) is 0 Å². The van der Waals surface area contributed by atoms with Gasteiger partial charge in [0.25, 0.3) is 6.17 Å². The van der Waals surface area contributed by atoms with E-state index in [1.807, 2.05) is 0 Å². The van der Waals surface area contributed by atoms with Crippen molar-refractivity contribution in [3.8, 4) is 6.07 Å². The Morgan fingerprint density at radius 1 is 1.29 bits per heavy atom. The molecule has 34 valence electrons. The fourth-order valence-corrected chi connectivity index (χ4v) is 0.219. The van der Waals surface area contributed by atoms with Gasteiger partial charge < -0.3 is 0 Å². The van der Waals surface area contributed by atoms with Crippen molar-refractivity contribution >= 4 is 0 Å². The van der Waals surface area contributed by atoms with Crippen LogP contribution < -0.4 is 0 Å². The Balaban J connectivity index is 2.65. The van der Waals surface area contributed by atoms with Crippen LogP contribution in [0.25, 0.3) is 0 Å². The van der Waals surface area contributed by atoms with Gasteiger partial charge in [-0.1, -0.05) is 0 Å². The molecule has 1 heterocycles. The average molecular weight is 95.1 g/mol. The third-order valence-corrected chi connectivity index (χ3v) is 0.477. The van der Waals surface area contributed by atoms with Gasteiger partial charge in [0.1, 0.15) is 6.07 Å². The molecule has 0 amide bonds. The Labute approximate surface area is 39.4 Å². The van der Waals surface area contributed by atoms with Gasteiger partial charge in [-0.25, -0.2) is 0 Å². The molecule has 5 heteroatoms. The van der Waals surface area contributed by atoms with Gasteiger partial charge in [-0.2, -0.15) is 5.26 Å². The fourth-order valence-electron chi connectivity index (χ4n) is 0.219. The van der Waals surface area contributed by atoms with E-state index in [2.05, 4.69) is 20.7 Å². The third kappa shape index (κ3) is 0.574. The Kier molecular flexibility index (Phi) is 0.788. The number of rotatable bonds is 0. The van der Waals surface area contributed by atoms with E-state index in [9.17, 15) is 0 Å². The molecule has 0 spiro atoms. The largest absolute Gasteiger partial charge is 0.269 e. The highest BCUT2D eigenvalue weighted by molar-refractivity contribution is 4.86. The molecule has 0 aromatic carbocycles. The summed E-state index contributed by atoms with van der Waals surface area (Å²) >= 11 is 0. The summed E-state index contributed by atoms with van der Waals surface area (Å²) in [5.41, 5.74) is 0. The van der Waals surface area contributed by atoms with Gasteiger partial charge in [-0.15, -0.1) is 10.2 Å².